The van der Waals surface area contributed by atoms with Gasteiger partial charge in [-0.25, -0.2) is 4.79 Å². The summed E-state index contributed by atoms with van der Waals surface area (Å²) in [7, 11) is 1.67. The first kappa shape index (κ1) is 15.2. The Morgan fingerprint density at radius 3 is 2.58 bits per heavy atom. The van der Waals surface area contributed by atoms with Gasteiger partial charge in [0, 0.05) is 13.6 Å². The van der Waals surface area contributed by atoms with Crippen molar-refractivity contribution in [3.63, 3.8) is 0 Å². The van der Waals surface area contributed by atoms with Crippen molar-refractivity contribution in [1.29, 1.82) is 0 Å². The molecule has 0 aliphatic carbocycles. The maximum absolute atomic E-state index is 11.8. The number of hydrogen-bond donors (Lipinski definition) is 1. The molecule has 0 aliphatic heterocycles. The Labute approximate surface area is 112 Å². The molecule has 0 radical (unpaired) electrons. The predicted molar refractivity (Wildman–Crippen MR) is 70.7 cm³/mol. The second kappa shape index (κ2) is 6.89. The summed E-state index contributed by atoms with van der Waals surface area (Å²) in [6.45, 7) is 3.64. The van der Waals surface area contributed by atoms with Gasteiger partial charge in [-0.15, -0.1) is 0 Å². The Morgan fingerprint density at radius 2 is 2.00 bits per heavy atom. The van der Waals surface area contributed by atoms with Gasteiger partial charge in [-0.3, -0.25) is 4.79 Å². The molecule has 1 aromatic carbocycles. The van der Waals surface area contributed by atoms with Gasteiger partial charge in [-0.2, -0.15) is 0 Å². The Bertz CT molecular complexity index is 459. The summed E-state index contributed by atoms with van der Waals surface area (Å²) in [6.07, 6.45) is -0.976. The second-order valence-corrected chi connectivity index (χ2v) is 4.47. The van der Waals surface area contributed by atoms with E-state index >= 15 is 0 Å². The van der Waals surface area contributed by atoms with Crippen LogP contribution in [-0.4, -0.2) is 41.6 Å². The lowest BCUT2D eigenvalue weighted by Gasteiger charge is -2.19. The number of amides is 1. The van der Waals surface area contributed by atoms with Crippen LogP contribution in [0.5, 0.6) is 0 Å². The molecule has 5 nitrogen and oxygen atoms in total. The molecule has 104 valence electrons. The van der Waals surface area contributed by atoms with Gasteiger partial charge in [0.15, 0.2) is 6.10 Å². The van der Waals surface area contributed by atoms with Crippen LogP contribution in [0.2, 0.25) is 0 Å². The van der Waals surface area contributed by atoms with E-state index in [0.717, 1.165) is 11.1 Å². The zero-order chi connectivity index (χ0) is 14.4. The van der Waals surface area contributed by atoms with E-state index in [0.29, 0.717) is 6.54 Å². The molecule has 0 heterocycles. The van der Waals surface area contributed by atoms with E-state index < -0.39 is 12.1 Å². The highest BCUT2D eigenvalue weighted by Crippen LogP contribution is 2.09. The molecule has 0 saturated carbocycles. The van der Waals surface area contributed by atoms with Gasteiger partial charge >= 0.3 is 5.97 Å². The third-order valence-electron chi connectivity index (χ3n) is 2.90. The van der Waals surface area contributed by atoms with Crippen molar-refractivity contribution < 1.29 is 19.4 Å². The van der Waals surface area contributed by atoms with E-state index in [1.165, 1.54) is 11.8 Å². The maximum Gasteiger partial charge on any atom is 0.332 e. The SMILES string of the molecule is Cc1ccccc1CN(C)C(=O)CO[C@H](C)C(=O)O. The number of ether oxygens (including phenoxy) is 1. The highest BCUT2D eigenvalue weighted by Gasteiger charge is 2.16. The number of nitrogens with zero attached hydrogens (tertiary/aromatic N) is 1. The average molecular weight is 265 g/mol. The van der Waals surface area contributed by atoms with Crippen molar-refractivity contribution >= 4 is 11.9 Å². The van der Waals surface area contributed by atoms with E-state index in [4.69, 9.17) is 9.84 Å². The highest BCUT2D eigenvalue weighted by molar-refractivity contribution is 5.78. The smallest absolute Gasteiger partial charge is 0.332 e. The van der Waals surface area contributed by atoms with Gasteiger partial charge in [0.05, 0.1) is 0 Å². The van der Waals surface area contributed by atoms with Gasteiger partial charge in [-0.1, -0.05) is 24.3 Å². The van der Waals surface area contributed by atoms with Gasteiger partial charge < -0.3 is 14.7 Å². The molecule has 1 aromatic rings. The Hall–Kier alpha value is -1.88. The fourth-order valence-corrected chi connectivity index (χ4v) is 1.51. The van der Waals surface area contributed by atoms with Crippen LogP contribution in [0.3, 0.4) is 0 Å². The Morgan fingerprint density at radius 1 is 1.37 bits per heavy atom. The van der Waals surface area contributed by atoms with E-state index in [1.54, 1.807) is 7.05 Å². The zero-order valence-corrected chi connectivity index (χ0v) is 11.4. The van der Waals surface area contributed by atoms with Crippen molar-refractivity contribution in [3.05, 3.63) is 35.4 Å². The number of likely N-dealkylation sites (N-methyl/N-ethyl adjacent to an activating group) is 1. The number of rotatable bonds is 6. The van der Waals surface area contributed by atoms with Crippen LogP contribution in [0, 0.1) is 6.92 Å². The normalized spacial score (nSPS) is 11.9. The minimum Gasteiger partial charge on any atom is -0.479 e. The molecule has 0 aromatic heterocycles. The summed E-state index contributed by atoms with van der Waals surface area (Å²) < 4.78 is 4.96. The van der Waals surface area contributed by atoms with Crippen LogP contribution in [0.25, 0.3) is 0 Å². The first-order valence-electron chi connectivity index (χ1n) is 6.04. The third kappa shape index (κ3) is 4.71. The molecule has 5 heteroatoms. The highest BCUT2D eigenvalue weighted by atomic mass is 16.5. The van der Waals surface area contributed by atoms with Crippen molar-refractivity contribution in [1.82, 2.24) is 4.90 Å². The third-order valence-corrected chi connectivity index (χ3v) is 2.90. The first-order chi connectivity index (χ1) is 8.91. The lowest BCUT2D eigenvalue weighted by Crippen LogP contribution is -2.33. The number of carboxylic acids is 1. The van der Waals surface area contributed by atoms with Crippen LogP contribution < -0.4 is 0 Å². The van der Waals surface area contributed by atoms with Gasteiger partial charge in [0.25, 0.3) is 0 Å². The summed E-state index contributed by atoms with van der Waals surface area (Å²) in [4.78, 5) is 23.9. The molecular weight excluding hydrogens is 246 g/mol. The molecule has 0 saturated heterocycles. The quantitative estimate of drug-likeness (QED) is 0.845. The number of carbonyl (C=O) groups is 2. The number of carbonyl (C=O) groups excluding carboxylic acids is 1. The van der Waals surface area contributed by atoms with E-state index in [2.05, 4.69) is 0 Å². The maximum atomic E-state index is 11.8. The summed E-state index contributed by atoms with van der Waals surface area (Å²) in [5, 5.41) is 8.66. The summed E-state index contributed by atoms with van der Waals surface area (Å²) in [6, 6.07) is 7.80. The topological polar surface area (TPSA) is 66.8 Å². The van der Waals surface area contributed by atoms with Crippen LogP contribution in [0.15, 0.2) is 24.3 Å². The lowest BCUT2D eigenvalue weighted by atomic mass is 10.1. The number of benzene rings is 1. The minimum absolute atomic E-state index is 0.226. The number of aryl methyl sites for hydroxylation is 1. The van der Waals surface area contributed by atoms with Gasteiger partial charge in [0.1, 0.15) is 6.61 Å². The monoisotopic (exact) mass is 265 g/mol. The first-order valence-corrected chi connectivity index (χ1v) is 6.04. The fraction of sp³-hybridized carbons (Fsp3) is 0.429. The summed E-state index contributed by atoms with van der Waals surface area (Å²) in [5.41, 5.74) is 2.17. The van der Waals surface area contributed by atoms with Crippen LogP contribution in [-0.2, 0) is 20.9 Å². The van der Waals surface area contributed by atoms with Crippen LogP contribution >= 0.6 is 0 Å². The lowest BCUT2D eigenvalue weighted by molar-refractivity contribution is -0.152. The fourth-order valence-electron chi connectivity index (χ4n) is 1.51. The van der Waals surface area contributed by atoms with E-state index in [1.807, 2.05) is 31.2 Å². The molecular formula is C14H19NO4. The average Bonchev–Trinajstić information content (AvgIpc) is 2.37. The molecule has 0 fully saturated rings. The molecule has 1 amide bonds. The molecule has 0 aliphatic rings. The van der Waals surface area contributed by atoms with Crippen molar-refractivity contribution in [3.8, 4) is 0 Å². The molecule has 1 N–H and O–H groups in total. The van der Waals surface area contributed by atoms with Gasteiger partial charge in [0.2, 0.25) is 5.91 Å². The summed E-state index contributed by atoms with van der Waals surface area (Å²) >= 11 is 0. The Balaban J connectivity index is 2.50. The van der Waals surface area contributed by atoms with Gasteiger partial charge in [-0.05, 0) is 25.0 Å². The number of carboxylic acid groups (broad SMARTS) is 1. The Kier molecular flexibility index (Phi) is 5.51. The van der Waals surface area contributed by atoms with E-state index in [9.17, 15) is 9.59 Å². The van der Waals surface area contributed by atoms with Crippen molar-refractivity contribution in [2.75, 3.05) is 13.7 Å². The standard InChI is InChI=1S/C14H19NO4/c1-10-6-4-5-7-12(10)8-15(3)13(16)9-19-11(2)14(17)18/h4-7,11H,8-9H2,1-3H3,(H,17,18)/t11-/m1/s1. The molecule has 0 spiro atoms. The molecule has 19 heavy (non-hydrogen) atoms. The largest absolute Gasteiger partial charge is 0.479 e. The van der Waals surface area contributed by atoms with Crippen LogP contribution in [0.4, 0.5) is 0 Å². The number of aliphatic carboxylic acids is 1. The molecule has 0 bridgehead atoms. The molecule has 1 atom stereocenters. The number of hydrogen-bond acceptors (Lipinski definition) is 3. The molecule has 0 unspecified atom stereocenters. The van der Waals surface area contributed by atoms with Crippen molar-refractivity contribution in [2.24, 2.45) is 0 Å². The summed E-state index contributed by atoms with van der Waals surface area (Å²) in [5.74, 6) is -1.31. The van der Waals surface area contributed by atoms with Crippen LogP contribution in [0.1, 0.15) is 18.1 Å². The zero-order valence-electron chi connectivity index (χ0n) is 11.4. The second-order valence-electron chi connectivity index (χ2n) is 4.47. The minimum atomic E-state index is -1.07. The predicted octanol–water partition coefficient (Wildman–Crippen LogP) is 1.44. The van der Waals surface area contributed by atoms with E-state index in [-0.39, 0.29) is 12.5 Å². The van der Waals surface area contributed by atoms with Crippen molar-refractivity contribution in [2.45, 2.75) is 26.5 Å². The molecule has 1 rings (SSSR count).